The molecule has 0 aromatic carbocycles. The molecule has 0 saturated heterocycles. The van der Waals surface area contributed by atoms with Gasteiger partial charge in [0.05, 0.1) is 0 Å². The molecule has 0 spiro atoms. The molecule has 1 aromatic heterocycles. The summed E-state index contributed by atoms with van der Waals surface area (Å²) in [4.78, 5) is 15.8. The van der Waals surface area contributed by atoms with E-state index in [1.165, 1.54) is 24.2 Å². The van der Waals surface area contributed by atoms with Gasteiger partial charge in [-0.05, 0) is 18.6 Å². The van der Waals surface area contributed by atoms with Crippen molar-refractivity contribution in [2.24, 2.45) is 0 Å². The number of rotatable bonds is 4. The van der Waals surface area contributed by atoms with Crippen molar-refractivity contribution in [3.8, 4) is 0 Å². The normalized spacial score (nSPS) is 23.6. The molecule has 0 aliphatic heterocycles. The molecule has 17 heavy (non-hydrogen) atoms. The van der Waals surface area contributed by atoms with Crippen LogP contribution in [0.4, 0.5) is 9.93 Å². The van der Waals surface area contributed by atoms with Gasteiger partial charge in [-0.25, -0.2) is 9.78 Å². The minimum absolute atomic E-state index is 0.131. The van der Waals surface area contributed by atoms with Crippen molar-refractivity contribution in [2.45, 2.75) is 37.5 Å². The van der Waals surface area contributed by atoms with Crippen LogP contribution in [0.1, 0.15) is 26.2 Å². The number of amides is 2. The van der Waals surface area contributed by atoms with Gasteiger partial charge in [-0.1, -0.05) is 13.3 Å². The van der Waals surface area contributed by atoms with Crippen LogP contribution >= 0.6 is 23.1 Å². The molecule has 94 valence electrons. The Morgan fingerprint density at radius 3 is 3.24 bits per heavy atom. The lowest BCUT2D eigenvalue weighted by molar-refractivity contribution is 0.249. The Morgan fingerprint density at radius 2 is 2.53 bits per heavy atom. The number of hydrogen-bond acceptors (Lipinski definition) is 4. The summed E-state index contributed by atoms with van der Waals surface area (Å²) in [6, 6.07) is 0.175. The Balaban J connectivity index is 1.81. The molecule has 1 aliphatic rings. The maximum atomic E-state index is 11.8. The second kappa shape index (κ2) is 6.26. The summed E-state index contributed by atoms with van der Waals surface area (Å²) in [5.74, 6) is 1.11. The van der Waals surface area contributed by atoms with Gasteiger partial charge in [0.1, 0.15) is 0 Å². The van der Waals surface area contributed by atoms with Gasteiger partial charge in [-0.3, -0.25) is 5.32 Å². The first-order valence-corrected chi connectivity index (χ1v) is 7.81. The van der Waals surface area contributed by atoms with E-state index in [-0.39, 0.29) is 6.03 Å². The van der Waals surface area contributed by atoms with Gasteiger partial charge < -0.3 is 5.32 Å². The first kappa shape index (κ1) is 12.7. The van der Waals surface area contributed by atoms with Crippen molar-refractivity contribution in [3.05, 3.63) is 11.6 Å². The van der Waals surface area contributed by atoms with E-state index in [2.05, 4.69) is 22.5 Å². The number of nitrogens with one attached hydrogen (secondary N) is 2. The molecule has 1 aromatic rings. The van der Waals surface area contributed by atoms with Gasteiger partial charge in [0.25, 0.3) is 0 Å². The van der Waals surface area contributed by atoms with Crippen LogP contribution in [0.3, 0.4) is 0 Å². The maximum absolute atomic E-state index is 11.8. The van der Waals surface area contributed by atoms with E-state index in [9.17, 15) is 4.79 Å². The van der Waals surface area contributed by atoms with E-state index < -0.39 is 0 Å². The fourth-order valence-corrected chi connectivity index (χ4v) is 3.81. The van der Waals surface area contributed by atoms with Crippen molar-refractivity contribution in [1.29, 1.82) is 0 Å². The van der Waals surface area contributed by atoms with E-state index in [4.69, 9.17) is 0 Å². The SMILES string of the molecule is CCS[C@@H]1CCC[C@@H]1NC(=O)Nc1nccs1. The molecular weight excluding hydrogens is 254 g/mol. The van der Waals surface area contributed by atoms with Crippen molar-refractivity contribution in [3.63, 3.8) is 0 Å². The molecule has 0 bridgehead atoms. The first-order chi connectivity index (χ1) is 8.29. The predicted octanol–water partition coefficient (Wildman–Crippen LogP) is 2.94. The largest absolute Gasteiger partial charge is 0.334 e. The van der Waals surface area contributed by atoms with Crippen molar-refractivity contribution in [2.75, 3.05) is 11.1 Å². The van der Waals surface area contributed by atoms with Crippen LogP contribution < -0.4 is 10.6 Å². The Hall–Kier alpha value is -0.750. The van der Waals surface area contributed by atoms with Crippen LogP contribution in [0.2, 0.25) is 0 Å². The molecule has 1 aliphatic carbocycles. The topological polar surface area (TPSA) is 54.0 Å². The summed E-state index contributed by atoms with van der Waals surface area (Å²) in [7, 11) is 0. The molecule has 1 fully saturated rings. The number of nitrogens with zero attached hydrogens (tertiary/aromatic N) is 1. The molecule has 4 nitrogen and oxygen atoms in total. The summed E-state index contributed by atoms with van der Waals surface area (Å²) >= 11 is 3.37. The zero-order chi connectivity index (χ0) is 12.1. The van der Waals surface area contributed by atoms with Gasteiger partial charge in [0.15, 0.2) is 5.13 Å². The lowest BCUT2D eigenvalue weighted by Crippen LogP contribution is -2.41. The molecule has 2 rings (SSSR count). The van der Waals surface area contributed by atoms with Gasteiger partial charge in [0, 0.05) is 22.9 Å². The number of anilines is 1. The predicted molar refractivity (Wildman–Crippen MR) is 73.8 cm³/mol. The number of hydrogen-bond donors (Lipinski definition) is 2. The Labute approximate surface area is 110 Å². The molecular formula is C11H17N3OS2. The molecule has 1 heterocycles. The lowest BCUT2D eigenvalue weighted by Gasteiger charge is -2.19. The summed E-state index contributed by atoms with van der Waals surface area (Å²) < 4.78 is 0. The number of carbonyl (C=O) groups excluding carboxylic acids is 1. The van der Waals surface area contributed by atoms with Crippen LogP contribution in [0, 0.1) is 0 Å². The number of thiazole rings is 1. The molecule has 2 amide bonds. The van der Waals surface area contributed by atoms with Crippen LogP contribution in [0.5, 0.6) is 0 Å². The highest BCUT2D eigenvalue weighted by molar-refractivity contribution is 7.99. The third kappa shape index (κ3) is 3.61. The third-order valence-electron chi connectivity index (χ3n) is 2.80. The highest BCUT2D eigenvalue weighted by atomic mass is 32.2. The standard InChI is InChI=1S/C11H17N3OS2/c1-2-16-9-5-3-4-8(9)13-10(15)14-11-12-6-7-17-11/h6-9H,2-5H2,1H3,(H2,12,13,14,15)/t8-,9+/m0/s1. The minimum Gasteiger partial charge on any atom is -0.334 e. The number of thioether (sulfide) groups is 1. The Bertz CT molecular complexity index is 356. The Kier molecular flexibility index (Phi) is 4.67. The van der Waals surface area contributed by atoms with Crippen LogP contribution in [-0.2, 0) is 0 Å². The summed E-state index contributed by atoms with van der Waals surface area (Å²) in [6.45, 7) is 2.16. The van der Waals surface area contributed by atoms with Gasteiger partial charge in [0.2, 0.25) is 0 Å². The Morgan fingerprint density at radius 1 is 1.65 bits per heavy atom. The lowest BCUT2D eigenvalue weighted by atomic mass is 10.2. The minimum atomic E-state index is -0.131. The zero-order valence-corrected chi connectivity index (χ0v) is 11.4. The average molecular weight is 271 g/mol. The third-order valence-corrected chi connectivity index (χ3v) is 4.82. The van der Waals surface area contributed by atoms with Gasteiger partial charge in [-0.15, -0.1) is 11.3 Å². The highest BCUT2D eigenvalue weighted by Gasteiger charge is 2.28. The molecule has 0 unspecified atom stereocenters. The van der Waals surface area contributed by atoms with Crippen molar-refractivity contribution >= 4 is 34.3 Å². The van der Waals surface area contributed by atoms with Crippen molar-refractivity contribution in [1.82, 2.24) is 10.3 Å². The van der Waals surface area contributed by atoms with E-state index >= 15 is 0 Å². The summed E-state index contributed by atoms with van der Waals surface area (Å²) in [5, 5.41) is 8.88. The number of urea groups is 1. The molecule has 6 heteroatoms. The fraction of sp³-hybridized carbons (Fsp3) is 0.636. The smallest absolute Gasteiger partial charge is 0.321 e. The van der Waals surface area contributed by atoms with Crippen LogP contribution in [0.25, 0.3) is 0 Å². The molecule has 1 saturated carbocycles. The van der Waals surface area contributed by atoms with Crippen LogP contribution in [-0.4, -0.2) is 28.1 Å². The molecule has 2 atom stereocenters. The molecule has 0 radical (unpaired) electrons. The number of aromatic nitrogens is 1. The van der Waals surface area contributed by atoms with E-state index in [0.717, 1.165) is 12.2 Å². The quantitative estimate of drug-likeness (QED) is 0.885. The maximum Gasteiger partial charge on any atom is 0.321 e. The van der Waals surface area contributed by atoms with Gasteiger partial charge in [-0.2, -0.15) is 11.8 Å². The summed E-state index contributed by atoms with van der Waals surface area (Å²) in [5.41, 5.74) is 0. The first-order valence-electron chi connectivity index (χ1n) is 5.88. The van der Waals surface area contributed by atoms with Crippen LogP contribution in [0.15, 0.2) is 11.6 Å². The van der Waals surface area contributed by atoms with Crippen molar-refractivity contribution < 1.29 is 4.79 Å². The van der Waals surface area contributed by atoms with E-state index in [0.29, 0.717) is 16.4 Å². The van der Waals surface area contributed by atoms with Gasteiger partial charge >= 0.3 is 6.03 Å². The fourth-order valence-electron chi connectivity index (χ4n) is 2.09. The average Bonchev–Trinajstić information content (AvgIpc) is 2.92. The van der Waals surface area contributed by atoms with E-state index in [1.54, 1.807) is 6.20 Å². The second-order valence-corrected chi connectivity index (χ2v) is 6.38. The second-order valence-electron chi connectivity index (χ2n) is 3.97. The highest BCUT2D eigenvalue weighted by Crippen LogP contribution is 2.29. The monoisotopic (exact) mass is 271 g/mol. The molecule has 2 N–H and O–H groups in total. The summed E-state index contributed by atoms with van der Waals surface area (Å²) in [6.07, 6.45) is 5.19. The number of carbonyl (C=O) groups is 1. The zero-order valence-electron chi connectivity index (χ0n) is 9.81. The van der Waals surface area contributed by atoms with E-state index in [1.807, 2.05) is 17.1 Å².